The second kappa shape index (κ2) is 12.3. The van der Waals surface area contributed by atoms with Gasteiger partial charge in [0.1, 0.15) is 6.61 Å². The van der Waals surface area contributed by atoms with Crippen LogP contribution in [0, 0.1) is 5.92 Å². The number of benzene rings is 2. The minimum Gasteiger partial charge on any atom is -0.481 e. The molecule has 8 nitrogen and oxygen atoms in total. The number of ether oxygens (including phenoxy) is 4. The average Bonchev–Trinajstić information content (AvgIpc) is 3.12. The lowest BCUT2D eigenvalue weighted by Crippen LogP contribution is -2.31. The molecule has 2 aromatic rings. The van der Waals surface area contributed by atoms with E-state index in [1.165, 1.54) is 0 Å². The smallest absolute Gasteiger partial charge is 0.322 e. The zero-order chi connectivity index (χ0) is 22.8. The number of hydrogen-bond acceptors (Lipinski definition) is 7. The number of fused-ring (bicyclic) bond motifs is 3. The molecule has 0 aromatic heterocycles. The van der Waals surface area contributed by atoms with Crippen molar-refractivity contribution in [3.63, 3.8) is 0 Å². The van der Waals surface area contributed by atoms with Crippen LogP contribution in [0.15, 0.2) is 48.5 Å². The molecular formula is C24H29NO7. The van der Waals surface area contributed by atoms with Crippen molar-refractivity contribution in [1.82, 2.24) is 0 Å². The van der Waals surface area contributed by atoms with Crippen molar-refractivity contribution < 1.29 is 33.6 Å². The maximum atomic E-state index is 12.5. The molecule has 0 fully saturated rings. The lowest BCUT2D eigenvalue weighted by atomic mass is 9.98. The van der Waals surface area contributed by atoms with Crippen LogP contribution in [0.2, 0.25) is 0 Å². The summed E-state index contributed by atoms with van der Waals surface area (Å²) in [4.78, 5) is 24.1. The van der Waals surface area contributed by atoms with E-state index in [-0.39, 0.29) is 32.3 Å². The summed E-state index contributed by atoms with van der Waals surface area (Å²) >= 11 is 0. The van der Waals surface area contributed by atoms with Gasteiger partial charge in [0, 0.05) is 12.5 Å². The molecule has 32 heavy (non-hydrogen) atoms. The van der Waals surface area contributed by atoms with Gasteiger partial charge in [-0.15, -0.1) is 0 Å². The first kappa shape index (κ1) is 23.9. The largest absolute Gasteiger partial charge is 0.481 e. The second-order valence-corrected chi connectivity index (χ2v) is 7.34. The summed E-state index contributed by atoms with van der Waals surface area (Å²) in [6.45, 7) is 1.96. The molecule has 1 aliphatic rings. The third-order valence-corrected chi connectivity index (χ3v) is 5.23. The molecule has 2 aromatic carbocycles. The lowest BCUT2D eigenvalue weighted by Gasteiger charge is -2.17. The molecule has 0 spiro atoms. The van der Waals surface area contributed by atoms with Gasteiger partial charge in [0.05, 0.1) is 39.6 Å². The quantitative estimate of drug-likeness (QED) is 0.259. The summed E-state index contributed by atoms with van der Waals surface area (Å²) in [6, 6.07) is 15.9. The number of rotatable bonds is 14. The first-order valence-electron chi connectivity index (χ1n) is 10.6. The van der Waals surface area contributed by atoms with Crippen LogP contribution < -0.4 is 5.73 Å². The fourth-order valence-electron chi connectivity index (χ4n) is 3.67. The van der Waals surface area contributed by atoms with Crippen molar-refractivity contribution >= 4 is 11.9 Å². The Labute approximate surface area is 187 Å². The molecule has 0 unspecified atom stereocenters. The van der Waals surface area contributed by atoms with Crippen molar-refractivity contribution in [3.05, 3.63) is 59.7 Å². The SMILES string of the molecule is NCCOCCOCCOC[C@@H](C(=O)O)C(=O)OCC1c2ccccc2-c2ccccc21. The van der Waals surface area contributed by atoms with Gasteiger partial charge in [-0.25, -0.2) is 0 Å². The van der Waals surface area contributed by atoms with Crippen LogP contribution in [0.3, 0.4) is 0 Å². The Morgan fingerprint density at radius 3 is 1.94 bits per heavy atom. The molecule has 1 atom stereocenters. The van der Waals surface area contributed by atoms with Gasteiger partial charge in [0.15, 0.2) is 5.92 Å². The molecular weight excluding hydrogens is 414 g/mol. The number of carbonyl (C=O) groups is 2. The van der Waals surface area contributed by atoms with Crippen molar-refractivity contribution in [2.45, 2.75) is 5.92 Å². The van der Waals surface area contributed by atoms with Gasteiger partial charge in [-0.1, -0.05) is 48.5 Å². The van der Waals surface area contributed by atoms with Crippen molar-refractivity contribution in [2.75, 3.05) is 52.8 Å². The standard InChI is InChI=1S/C24H29NO7/c25-9-10-29-11-12-30-13-14-31-15-22(23(26)27)24(28)32-16-21-19-7-3-1-5-17(19)18-6-2-4-8-20(18)21/h1-8,21-22H,9-16,25H2,(H,26,27)/t22-/m0/s1. The lowest BCUT2D eigenvalue weighted by molar-refractivity contribution is -0.162. The summed E-state index contributed by atoms with van der Waals surface area (Å²) < 4.78 is 21.2. The Balaban J connectivity index is 1.47. The normalized spacial score (nSPS) is 13.4. The van der Waals surface area contributed by atoms with Crippen LogP contribution in [0.5, 0.6) is 0 Å². The zero-order valence-electron chi connectivity index (χ0n) is 17.9. The summed E-state index contributed by atoms with van der Waals surface area (Å²) in [5.74, 6) is -3.61. The molecule has 8 heteroatoms. The number of carboxylic acid groups (broad SMARTS) is 1. The summed E-state index contributed by atoms with van der Waals surface area (Å²) in [6.07, 6.45) is 0. The molecule has 0 aliphatic heterocycles. The Bertz CT molecular complexity index is 856. The Morgan fingerprint density at radius 1 is 0.844 bits per heavy atom. The van der Waals surface area contributed by atoms with Gasteiger partial charge in [-0.2, -0.15) is 0 Å². The molecule has 0 saturated carbocycles. The van der Waals surface area contributed by atoms with E-state index in [2.05, 4.69) is 0 Å². The number of nitrogens with two attached hydrogens (primary N) is 1. The predicted molar refractivity (Wildman–Crippen MR) is 117 cm³/mol. The highest BCUT2D eigenvalue weighted by atomic mass is 16.6. The van der Waals surface area contributed by atoms with E-state index in [0.717, 1.165) is 22.3 Å². The van der Waals surface area contributed by atoms with Gasteiger partial charge in [-0.3, -0.25) is 9.59 Å². The minimum absolute atomic E-state index is 0.0720. The second-order valence-electron chi connectivity index (χ2n) is 7.34. The molecule has 0 amide bonds. The van der Waals surface area contributed by atoms with Gasteiger partial charge in [0.25, 0.3) is 0 Å². The van der Waals surface area contributed by atoms with E-state index < -0.39 is 17.9 Å². The Hall–Kier alpha value is -2.78. The molecule has 0 radical (unpaired) electrons. The monoisotopic (exact) mass is 443 g/mol. The maximum Gasteiger partial charge on any atom is 0.322 e. The molecule has 172 valence electrons. The Morgan fingerprint density at radius 2 is 1.38 bits per heavy atom. The molecule has 1 aliphatic carbocycles. The van der Waals surface area contributed by atoms with Crippen molar-refractivity contribution in [1.29, 1.82) is 0 Å². The third kappa shape index (κ3) is 6.14. The number of aliphatic carboxylic acids is 1. The third-order valence-electron chi connectivity index (χ3n) is 5.23. The summed E-state index contributed by atoms with van der Waals surface area (Å²) in [5.41, 5.74) is 9.66. The highest BCUT2D eigenvalue weighted by Crippen LogP contribution is 2.44. The van der Waals surface area contributed by atoms with Crippen LogP contribution in [-0.2, 0) is 28.5 Å². The van der Waals surface area contributed by atoms with Crippen LogP contribution in [0.4, 0.5) is 0 Å². The summed E-state index contributed by atoms with van der Waals surface area (Å²) in [5, 5.41) is 9.44. The maximum absolute atomic E-state index is 12.5. The van der Waals surface area contributed by atoms with E-state index in [4.69, 9.17) is 24.7 Å². The van der Waals surface area contributed by atoms with Crippen LogP contribution in [0.25, 0.3) is 11.1 Å². The predicted octanol–water partition coefficient (Wildman–Crippen LogP) is 2.05. The van der Waals surface area contributed by atoms with E-state index >= 15 is 0 Å². The molecule has 3 N–H and O–H groups in total. The fraction of sp³-hybridized carbons (Fsp3) is 0.417. The number of esters is 1. The number of hydrogen-bond donors (Lipinski definition) is 2. The van der Waals surface area contributed by atoms with Crippen molar-refractivity contribution in [2.24, 2.45) is 11.7 Å². The minimum atomic E-state index is -1.39. The highest BCUT2D eigenvalue weighted by molar-refractivity contribution is 5.94. The van der Waals surface area contributed by atoms with E-state index in [9.17, 15) is 14.7 Å². The van der Waals surface area contributed by atoms with Gasteiger partial charge >= 0.3 is 11.9 Å². The van der Waals surface area contributed by atoms with E-state index in [1.54, 1.807) is 0 Å². The van der Waals surface area contributed by atoms with Crippen LogP contribution in [0.1, 0.15) is 17.0 Å². The van der Waals surface area contributed by atoms with Gasteiger partial charge in [-0.05, 0) is 22.3 Å². The Kier molecular flexibility index (Phi) is 9.18. The molecule has 3 rings (SSSR count). The number of carbonyl (C=O) groups excluding carboxylic acids is 1. The molecule has 0 heterocycles. The van der Waals surface area contributed by atoms with Gasteiger partial charge in [0.2, 0.25) is 0 Å². The van der Waals surface area contributed by atoms with E-state index in [0.29, 0.717) is 26.4 Å². The van der Waals surface area contributed by atoms with Crippen LogP contribution in [-0.4, -0.2) is 69.8 Å². The van der Waals surface area contributed by atoms with Gasteiger partial charge < -0.3 is 29.8 Å². The summed E-state index contributed by atoms with van der Waals surface area (Å²) in [7, 11) is 0. The average molecular weight is 443 g/mol. The fourth-order valence-corrected chi connectivity index (χ4v) is 3.67. The first-order chi connectivity index (χ1) is 15.6. The molecule has 0 saturated heterocycles. The molecule has 0 bridgehead atoms. The van der Waals surface area contributed by atoms with Crippen LogP contribution >= 0.6 is 0 Å². The first-order valence-corrected chi connectivity index (χ1v) is 10.6. The zero-order valence-corrected chi connectivity index (χ0v) is 17.9. The van der Waals surface area contributed by atoms with Crippen molar-refractivity contribution in [3.8, 4) is 11.1 Å². The topological polar surface area (TPSA) is 117 Å². The van der Waals surface area contributed by atoms with E-state index in [1.807, 2.05) is 48.5 Å². The highest BCUT2D eigenvalue weighted by Gasteiger charge is 2.32. The number of carboxylic acids is 1.